The van der Waals surface area contributed by atoms with Crippen molar-refractivity contribution in [3.63, 3.8) is 0 Å². The summed E-state index contributed by atoms with van der Waals surface area (Å²) in [6, 6.07) is 0. The standard InChI is InChI=1S/C19H31NO7/c1-11(7-6-8-15(23)13(3)21)18-19(17(25-5)12(2)10-26-18)27-16(24)9-20-14(4)22/h6-8,12-13,15,17-19,21,23H,9-10H2,1-5H3,(H,20,22)/b8-6+,11-7+/t12-,13+,15-,17-,18-,19+/m0/s1. The van der Waals surface area contributed by atoms with E-state index in [1.165, 1.54) is 19.9 Å². The molecular weight excluding hydrogens is 354 g/mol. The molecule has 0 aromatic rings. The molecule has 0 aliphatic carbocycles. The Hall–Kier alpha value is -1.74. The van der Waals surface area contributed by atoms with E-state index in [1.807, 2.05) is 13.8 Å². The number of aliphatic hydroxyl groups is 2. The minimum atomic E-state index is -0.973. The number of allylic oxidation sites excluding steroid dienone is 2. The van der Waals surface area contributed by atoms with Crippen molar-refractivity contribution in [2.24, 2.45) is 5.92 Å². The number of esters is 1. The Bertz CT molecular complexity index is 558. The van der Waals surface area contributed by atoms with Crippen molar-refractivity contribution in [1.82, 2.24) is 5.32 Å². The topological polar surface area (TPSA) is 114 Å². The number of hydrogen-bond acceptors (Lipinski definition) is 7. The van der Waals surface area contributed by atoms with Crippen LogP contribution in [-0.4, -0.2) is 72.9 Å². The Balaban J connectivity index is 2.92. The van der Waals surface area contributed by atoms with Gasteiger partial charge in [0.25, 0.3) is 0 Å². The van der Waals surface area contributed by atoms with Crippen molar-refractivity contribution in [2.75, 3.05) is 20.3 Å². The van der Waals surface area contributed by atoms with Crippen LogP contribution in [0.4, 0.5) is 0 Å². The summed E-state index contributed by atoms with van der Waals surface area (Å²) < 4.78 is 17.0. The lowest BCUT2D eigenvalue weighted by Crippen LogP contribution is -2.53. The summed E-state index contributed by atoms with van der Waals surface area (Å²) in [5.41, 5.74) is 0.773. The lowest BCUT2D eigenvalue weighted by Gasteiger charge is -2.40. The van der Waals surface area contributed by atoms with Crippen LogP contribution in [0.25, 0.3) is 0 Å². The smallest absolute Gasteiger partial charge is 0.325 e. The first-order chi connectivity index (χ1) is 12.7. The second kappa shape index (κ2) is 11.2. The first kappa shape index (κ1) is 23.3. The first-order valence-corrected chi connectivity index (χ1v) is 8.96. The first-order valence-electron chi connectivity index (χ1n) is 8.96. The highest BCUT2D eigenvalue weighted by Gasteiger charge is 2.42. The second-order valence-electron chi connectivity index (χ2n) is 6.82. The maximum Gasteiger partial charge on any atom is 0.325 e. The summed E-state index contributed by atoms with van der Waals surface area (Å²) in [4.78, 5) is 23.1. The van der Waals surface area contributed by atoms with Crippen molar-refractivity contribution in [2.45, 2.75) is 58.2 Å². The summed E-state index contributed by atoms with van der Waals surface area (Å²) >= 11 is 0. The Labute approximate surface area is 160 Å². The molecule has 0 saturated carbocycles. The third-order valence-electron chi connectivity index (χ3n) is 4.35. The van der Waals surface area contributed by atoms with E-state index in [1.54, 1.807) is 19.3 Å². The highest BCUT2D eigenvalue weighted by atomic mass is 16.6. The van der Waals surface area contributed by atoms with Crippen LogP contribution in [0.2, 0.25) is 0 Å². The van der Waals surface area contributed by atoms with Crippen molar-refractivity contribution < 1.29 is 34.0 Å². The van der Waals surface area contributed by atoms with Crippen molar-refractivity contribution in [3.05, 3.63) is 23.8 Å². The number of rotatable bonds is 8. The minimum Gasteiger partial charge on any atom is -0.455 e. The molecule has 1 amide bonds. The molecule has 1 saturated heterocycles. The highest BCUT2D eigenvalue weighted by Crippen LogP contribution is 2.29. The van der Waals surface area contributed by atoms with Gasteiger partial charge in [0.1, 0.15) is 18.8 Å². The van der Waals surface area contributed by atoms with E-state index in [2.05, 4.69) is 5.32 Å². The summed E-state index contributed by atoms with van der Waals surface area (Å²) in [7, 11) is 1.55. The molecule has 27 heavy (non-hydrogen) atoms. The van der Waals surface area contributed by atoms with Crippen LogP contribution in [0.3, 0.4) is 0 Å². The Kier molecular flexibility index (Phi) is 9.65. The third-order valence-corrected chi connectivity index (χ3v) is 4.35. The van der Waals surface area contributed by atoms with Crippen LogP contribution < -0.4 is 5.32 Å². The lowest BCUT2D eigenvalue weighted by atomic mass is 9.90. The number of amides is 1. The number of hydrogen-bond donors (Lipinski definition) is 3. The predicted octanol–water partition coefficient (Wildman–Crippen LogP) is 0.328. The largest absolute Gasteiger partial charge is 0.455 e. The summed E-state index contributed by atoms with van der Waals surface area (Å²) in [6.45, 7) is 6.78. The molecule has 1 rings (SSSR count). The maximum absolute atomic E-state index is 12.1. The molecule has 0 radical (unpaired) electrons. The molecule has 1 heterocycles. The fourth-order valence-electron chi connectivity index (χ4n) is 2.79. The van der Waals surface area contributed by atoms with Gasteiger partial charge in [0.05, 0.1) is 18.8 Å². The minimum absolute atomic E-state index is 0.0187. The van der Waals surface area contributed by atoms with Gasteiger partial charge in [-0.05, 0) is 19.4 Å². The van der Waals surface area contributed by atoms with Gasteiger partial charge in [-0.1, -0.05) is 25.2 Å². The van der Waals surface area contributed by atoms with E-state index in [0.29, 0.717) is 6.61 Å². The van der Waals surface area contributed by atoms with E-state index in [-0.39, 0.29) is 24.5 Å². The molecule has 1 aliphatic heterocycles. The number of aliphatic hydroxyl groups excluding tert-OH is 2. The molecule has 154 valence electrons. The Morgan fingerprint density at radius 1 is 1.30 bits per heavy atom. The van der Waals surface area contributed by atoms with Gasteiger partial charge in [0.15, 0.2) is 6.10 Å². The van der Waals surface area contributed by atoms with Gasteiger partial charge in [-0.2, -0.15) is 0 Å². The summed E-state index contributed by atoms with van der Waals surface area (Å²) in [5, 5.41) is 21.3. The van der Waals surface area contributed by atoms with Gasteiger partial charge in [-0.15, -0.1) is 0 Å². The van der Waals surface area contributed by atoms with E-state index in [9.17, 15) is 19.8 Å². The molecule has 8 heteroatoms. The molecule has 0 bridgehead atoms. The maximum atomic E-state index is 12.1. The second-order valence-corrected chi connectivity index (χ2v) is 6.82. The molecular formula is C19H31NO7. The lowest BCUT2D eigenvalue weighted by molar-refractivity contribution is -0.191. The number of carbonyl (C=O) groups excluding carboxylic acids is 2. The molecule has 0 unspecified atom stereocenters. The zero-order valence-corrected chi connectivity index (χ0v) is 16.5. The molecule has 6 atom stereocenters. The van der Waals surface area contributed by atoms with Gasteiger partial charge in [0, 0.05) is 20.0 Å². The molecule has 1 fully saturated rings. The molecule has 0 aromatic heterocycles. The van der Waals surface area contributed by atoms with E-state index in [0.717, 1.165) is 5.57 Å². The molecule has 1 aliphatic rings. The van der Waals surface area contributed by atoms with E-state index < -0.39 is 30.4 Å². The van der Waals surface area contributed by atoms with Gasteiger partial charge in [-0.3, -0.25) is 9.59 Å². The van der Waals surface area contributed by atoms with E-state index >= 15 is 0 Å². The van der Waals surface area contributed by atoms with Crippen LogP contribution in [-0.2, 0) is 23.8 Å². The number of carbonyl (C=O) groups is 2. The quantitative estimate of drug-likeness (QED) is 0.407. The average Bonchev–Trinajstić information content (AvgIpc) is 2.60. The van der Waals surface area contributed by atoms with Crippen molar-refractivity contribution >= 4 is 11.9 Å². The molecule has 3 N–H and O–H groups in total. The normalized spacial score (nSPS) is 28.6. The fraction of sp³-hybridized carbons (Fsp3) is 0.684. The van der Waals surface area contributed by atoms with Crippen molar-refractivity contribution in [1.29, 1.82) is 0 Å². The number of ether oxygens (including phenoxy) is 3. The summed E-state index contributed by atoms with van der Waals surface area (Å²) in [5.74, 6) is -0.879. The highest BCUT2D eigenvalue weighted by molar-refractivity contribution is 5.80. The third kappa shape index (κ3) is 7.42. The average molecular weight is 385 g/mol. The van der Waals surface area contributed by atoms with Gasteiger partial charge < -0.3 is 29.7 Å². The van der Waals surface area contributed by atoms with Crippen LogP contribution in [0.5, 0.6) is 0 Å². The van der Waals surface area contributed by atoms with Crippen LogP contribution >= 0.6 is 0 Å². The Morgan fingerprint density at radius 3 is 2.52 bits per heavy atom. The van der Waals surface area contributed by atoms with Gasteiger partial charge in [0.2, 0.25) is 5.91 Å². The summed E-state index contributed by atoms with van der Waals surface area (Å²) in [6.07, 6.45) is 1.40. The number of nitrogens with one attached hydrogen (secondary N) is 1. The molecule has 8 nitrogen and oxygen atoms in total. The van der Waals surface area contributed by atoms with Crippen LogP contribution in [0.15, 0.2) is 23.8 Å². The predicted molar refractivity (Wildman–Crippen MR) is 98.8 cm³/mol. The Morgan fingerprint density at radius 2 is 1.96 bits per heavy atom. The van der Waals surface area contributed by atoms with Crippen LogP contribution in [0.1, 0.15) is 27.7 Å². The van der Waals surface area contributed by atoms with Gasteiger partial charge in [-0.25, -0.2) is 0 Å². The molecule has 0 aromatic carbocycles. The zero-order chi connectivity index (χ0) is 20.6. The SMILES string of the molecule is CO[C@@H]1[C@@H](OC(=O)CNC(C)=O)[C@H](/C(C)=C/C=C/[C@H](O)[C@@H](C)O)OC[C@@H]1C. The van der Waals surface area contributed by atoms with E-state index in [4.69, 9.17) is 14.2 Å². The van der Waals surface area contributed by atoms with Crippen LogP contribution in [0, 0.1) is 5.92 Å². The number of methoxy groups -OCH3 is 1. The van der Waals surface area contributed by atoms with Crippen molar-refractivity contribution in [3.8, 4) is 0 Å². The molecule has 0 spiro atoms. The monoisotopic (exact) mass is 385 g/mol. The zero-order valence-electron chi connectivity index (χ0n) is 16.5. The van der Waals surface area contributed by atoms with Gasteiger partial charge >= 0.3 is 5.97 Å². The fourth-order valence-corrected chi connectivity index (χ4v) is 2.79.